The van der Waals surface area contributed by atoms with Crippen molar-refractivity contribution in [1.29, 1.82) is 0 Å². The van der Waals surface area contributed by atoms with Crippen LogP contribution in [0.4, 0.5) is 4.39 Å². The molecule has 0 spiro atoms. The molecule has 1 aromatic rings. The summed E-state index contributed by atoms with van der Waals surface area (Å²) in [4.78, 5) is 10.5. The van der Waals surface area contributed by atoms with Crippen LogP contribution in [0.5, 0.6) is 0 Å². The van der Waals surface area contributed by atoms with Gasteiger partial charge in [0.05, 0.1) is 4.47 Å². The highest BCUT2D eigenvalue weighted by atomic mass is 127. The molecule has 64 valence electrons. The Kier molecular flexibility index (Phi) is 3.05. The Hall–Kier alpha value is -0.170. The van der Waals surface area contributed by atoms with Crippen LogP contribution in [0.25, 0.3) is 0 Å². The second-order valence-corrected chi connectivity index (χ2v) is 4.04. The first-order valence-corrected chi connectivity index (χ1v) is 4.78. The number of benzene rings is 1. The van der Waals surface area contributed by atoms with Crippen molar-refractivity contribution < 1.29 is 14.3 Å². The van der Waals surface area contributed by atoms with E-state index in [1.54, 1.807) is 22.6 Å². The number of hydrogen-bond donors (Lipinski definition) is 1. The molecular formula is C7H3BrFIO2. The number of halogens is 3. The van der Waals surface area contributed by atoms with Crippen molar-refractivity contribution in [2.45, 2.75) is 0 Å². The van der Waals surface area contributed by atoms with Gasteiger partial charge in [-0.1, -0.05) is 0 Å². The smallest absolute Gasteiger partial charge is 0.339 e. The molecule has 0 amide bonds. The third-order valence-electron chi connectivity index (χ3n) is 1.26. The molecule has 5 heteroatoms. The number of aromatic carboxylic acids is 1. The number of hydrogen-bond acceptors (Lipinski definition) is 1. The molecule has 0 saturated carbocycles. The summed E-state index contributed by atoms with van der Waals surface area (Å²) < 4.78 is 13.6. The van der Waals surface area contributed by atoms with E-state index >= 15 is 0 Å². The molecule has 0 aromatic heterocycles. The van der Waals surface area contributed by atoms with Crippen LogP contribution in [-0.2, 0) is 0 Å². The van der Waals surface area contributed by atoms with E-state index in [0.717, 1.165) is 0 Å². The van der Waals surface area contributed by atoms with E-state index in [-0.39, 0.29) is 10.0 Å². The van der Waals surface area contributed by atoms with Crippen LogP contribution in [0.2, 0.25) is 0 Å². The van der Waals surface area contributed by atoms with Gasteiger partial charge >= 0.3 is 5.97 Å². The molecule has 0 atom stereocenters. The van der Waals surface area contributed by atoms with Gasteiger partial charge in [-0.2, -0.15) is 0 Å². The topological polar surface area (TPSA) is 37.3 Å². The average Bonchev–Trinajstić information content (AvgIpc) is 1.97. The van der Waals surface area contributed by atoms with Crippen molar-refractivity contribution in [2.75, 3.05) is 0 Å². The Labute approximate surface area is 90.0 Å². The quantitative estimate of drug-likeness (QED) is 0.628. The molecule has 2 nitrogen and oxygen atoms in total. The molecule has 1 N–H and O–H groups in total. The molecule has 1 aromatic carbocycles. The summed E-state index contributed by atoms with van der Waals surface area (Å²) in [5.74, 6) is -1.98. The predicted octanol–water partition coefficient (Wildman–Crippen LogP) is 2.89. The standard InChI is InChI=1S/C7H3BrFIO2/c8-3-1-2-4(10)5(6(3)9)7(11)12/h1-2H,(H,11,12). The monoisotopic (exact) mass is 344 g/mol. The van der Waals surface area contributed by atoms with Gasteiger partial charge < -0.3 is 5.11 Å². The van der Waals surface area contributed by atoms with Gasteiger partial charge in [0.15, 0.2) is 5.82 Å². The normalized spacial score (nSPS) is 9.92. The van der Waals surface area contributed by atoms with Gasteiger partial charge in [0.25, 0.3) is 0 Å². The number of carboxylic acid groups (broad SMARTS) is 1. The fourth-order valence-electron chi connectivity index (χ4n) is 0.723. The highest BCUT2D eigenvalue weighted by Crippen LogP contribution is 2.23. The Bertz CT molecular complexity index is 340. The van der Waals surface area contributed by atoms with Crippen molar-refractivity contribution in [3.63, 3.8) is 0 Å². The minimum absolute atomic E-state index is 0.167. The summed E-state index contributed by atoms with van der Waals surface area (Å²) in [6.45, 7) is 0. The van der Waals surface area contributed by atoms with Crippen molar-refractivity contribution in [3.8, 4) is 0 Å². The van der Waals surface area contributed by atoms with Gasteiger partial charge in [-0.15, -0.1) is 0 Å². The van der Waals surface area contributed by atoms with Crippen LogP contribution in [-0.4, -0.2) is 11.1 Å². The number of rotatable bonds is 1. The molecular weight excluding hydrogens is 342 g/mol. The lowest BCUT2D eigenvalue weighted by Crippen LogP contribution is -2.03. The Morgan fingerprint density at radius 2 is 2.17 bits per heavy atom. The Morgan fingerprint density at radius 1 is 1.58 bits per heavy atom. The summed E-state index contributed by atoms with van der Waals surface area (Å²) in [6.07, 6.45) is 0. The van der Waals surface area contributed by atoms with Gasteiger partial charge in [0.1, 0.15) is 5.56 Å². The van der Waals surface area contributed by atoms with Gasteiger partial charge in [-0.25, -0.2) is 9.18 Å². The summed E-state index contributed by atoms with van der Waals surface area (Å²) in [6, 6.07) is 3.01. The fraction of sp³-hybridized carbons (Fsp3) is 0. The molecule has 0 aliphatic heterocycles. The molecule has 12 heavy (non-hydrogen) atoms. The van der Waals surface area contributed by atoms with E-state index in [2.05, 4.69) is 15.9 Å². The Morgan fingerprint density at radius 3 is 2.58 bits per heavy atom. The van der Waals surface area contributed by atoms with Crippen LogP contribution in [0.15, 0.2) is 16.6 Å². The first-order valence-electron chi connectivity index (χ1n) is 2.91. The molecule has 0 radical (unpaired) electrons. The minimum Gasteiger partial charge on any atom is -0.478 e. The summed E-state index contributed by atoms with van der Waals surface area (Å²) >= 11 is 4.68. The van der Waals surface area contributed by atoms with E-state index in [1.807, 2.05) is 0 Å². The van der Waals surface area contributed by atoms with E-state index < -0.39 is 11.8 Å². The molecule has 1 rings (SSSR count). The van der Waals surface area contributed by atoms with Gasteiger partial charge in [0, 0.05) is 3.57 Å². The molecule has 0 unspecified atom stereocenters. The molecule has 0 saturated heterocycles. The molecule has 0 heterocycles. The summed E-state index contributed by atoms with van der Waals surface area (Å²) in [7, 11) is 0. The van der Waals surface area contributed by atoms with Crippen LogP contribution in [0.3, 0.4) is 0 Å². The maximum Gasteiger partial charge on any atom is 0.339 e. The molecule has 0 fully saturated rings. The average molecular weight is 345 g/mol. The third kappa shape index (κ3) is 1.77. The number of carbonyl (C=O) groups is 1. The van der Waals surface area contributed by atoms with Crippen molar-refractivity contribution in [3.05, 3.63) is 31.6 Å². The zero-order valence-corrected chi connectivity index (χ0v) is 9.39. The highest BCUT2D eigenvalue weighted by Gasteiger charge is 2.16. The zero-order chi connectivity index (χ0) is 9.30. The van der Waals surface area contributed by atoms with Gasteiger partial charge in [-0.3, -0.25) is 0 Å². The maximum atomic E-state index is 13.1. The molecule has 0 aliphatic carbocycles. The summed E-state index contributed by atoms with van der Waals surface area (Å²) in [5.41, 5.74) is -0.287. The van der Waals surface area contributed by atoms with Crippen LogP contribution in [0, 0.1) is 9.39 Å². The molecule has 0 bridgehead atoms. The largest absolute Gasteiger partial charge is 0.478 e. The van der Waals surface area contributed by atoms with Crippen LogP contribution in [0.1, 0.15) is 10.4 Å². The second-order valence-electron chi connectivity index (χ2n) is 2.02. The SMILES string of the molecule is O=C(O)c1c(I)ccc(Br)c1F. The van der Waals surface area contributed by atoms with E-state index in [0.29, 0.717) is 3.57 Å². The third-order valence-corrected chi connectivity index (χ3v) is 2.77. The first-order chi connectivity index (χ1) is 5.54. The predicted molar refractivity (Wildman–Crippen MR) is 53.8 cm³/mol. The lowest BCUT2D eigenvalue weighted by Gasteiger charge is -2.01. The number of carboxylic acids is 1. The highest BCUT2D eigenvalue weighted by molar-refractivity contribution is 14.1. The van der Waals surface area contributed by atoms with E-state index in [9.17, 15) is 9.18 Å². The maximum absolute atomic E-state index is 13.1. The fourth-order valence-corrected chi connectivity index (χ4v) is 1.70. The van der Waals surface area contributed by atoms with E-state index in [1.165, 1.54) is 12.1 Å². The van der Waals surface area contributed by atoms with Crippen molar-refractivity contribution in [1.82, 2.24) is 0 Å². The van der Waals surface area contributed by atoms with Gasteiger partial charge in [-0.05, 0) is 50.7 Å². The second kappa shape index (κ2) is 3.69. The zero-order valence-electron chi connectivity index (χ0n) is 5.64. The van der Waals surface area contributed by atoms with Crippen molar-refractivity contribution in [2.24, 2.45) is 0 Å². The lowest BCUT2D eigenvalue weighted by molar-refractivity contribution is 0.0690. The van der Waals surface area contributed by atoms with E-state index in [4.69, 9.17) is 5.11 Å². The van der Waals surface area contributed by atoms with Crippen LogP contribution >= 0.6 is 38.5 Å². The lowest BCUT2D eigenvalue weighted by atomic mass is 10.2. The Balaban J connectivity index is 3.43. The van der Waals surface area contributed by atoms with Gasteiger partial charge in [0.2, 0.25) is 0 Å². The summed E-state index contributed by atoms with van der Waals surface area (Å²) in [5, 5.41) is 8.61. The minimum atomic E-state index is -1.25. The first kappa shape index (κ1) is 9.91. The van der Waals surface area contributed by atoms with Crippen LogP contribution < -0.4 is 0 Å². The molecule has 0 aliphatic rings. The van der Waals surface area contributed by atoms with Crippen molar-refractivity contribution >= 4 is 44.5 Å².